The van der Waals surface area contributed by atoms with Crippen molar-refractivity contribution in [3.63, 3.8) is 0 Å². The Hall–Kier alpha value is -2.21. The average molecular weight is 371 g/mol. The minimum absolute atomic E-state index is 0.288. The van der Waals surface area contributed by atoms with Gasteiger partial charge in [-0.1, -0.05) is 30.0 Å². The minimum atomic E-state index is -1.95. The number of alkyl halides is 1. The van der Waals surface area contributed by atoms with E-state index in [1.807, 2.05) is 13.0 Å². The van der Waals surface area contributed by atoms with Gasteiger partial charge in [-0.05, 0) is 57.2 Å². The molecule has 136 valence electrons. The predicted octanol–water partition coefficient (Wildman–Crippen LogP) is 5.21. The Kier molecular flexibility index (Phi) is 5.14. The standard InChI is InChI=1S/C20H22FN3OS/c1-12-5-8-17(26-13(2)23-12)14-6-7-15-11-22-18(10-16(15)9-14)24-19(25)20(3,4)21/h6-12H,5H2,1-4H3,(H,22,24,25). The highest BCUT2D eigenvalue weighted by atomic mass is 32.2. The minimum Gasteiger partial charge on any atom is -0.308 e. The Labute approximate surface area is 157 Å². The van der Waals surface area contributed by atoms with Gasteiger partial charge in [-0.25, -0.2) is 9.37 Å². The molecule has 1 N–H and O–H groups in total. The van der Waals surface area contributed by atoms with Crippen molar-refractivity contribution >= 4 is 44.2 Å². The van der Waals surface area contributed by atoms with Gasteiger partial charge in [0.1, 0.15) is 5.82 Å². The fourth-order valence-electron chi connectivity index (χ4n) is 2.67. The summed E-state index contributed by atoms with van der Waals surface area (Å²) >= 11 is 1.67. The Balaban J connectivity index is 1.92. The van der Waals surface area contributed by atoms with Crippen LogP contribution in [0, 0.1) is 0 Å². The molecule has 1 amide bonds. The number of hydrogen-bond acceptors (Lipinski definition) is 4. The molecule has 2 aromatic rings. The van der Waals surface area contributed by atoms with Crippen molar-refractivity contribution in [3.8, 4) is 0 Å². The molecule has 1 aliphatic heterocycles. The van der Waals surface area contributed by atoms with E-state index in [0.717, 1.165) is 27.8 Å². The average Bonchev–Trinajstić information content (AvgIpc) is 2.73. The lowest BCUT2D eigenvalue weighted by Gasteiger charge is -2.14. The summed E-state index contributed by atoms with van der Waals surface area (Å²) in [6.07, 6.45) is 4.80. The molecule has 0 spiro atoms. The third-order valence-electron chi connectivity index (χ3n) is 4.09. The van der Waals surface area contributed by atoms with Crippen LogP contribution >= 0.6 is 11.8 Å². The number of fused-ring (bicyclic) bond motifs is 1. The van der Waals surface area contributed by atoms with Crippen molar-refractivity contribution in [2.24, 2.45) is 4.99 Å². The molecule has 1 aromatic heterocycles. The van der Waals surface area contributed by atoms with E-state index in [4.69, 9.17) is 0 Å². The number of nitrogens with zero attached hydrogens (tertiary/aromatic N) is 2. The number of anilines is 1. The Bertz CT molecular complexity index is 915. The highest BCUT2D eigenvalue weighted by Crippen LogP contribution is 2.34. The Morgan fingerprint density at radius 1 is 1.31 bits per heavy atom. The first-order chi connectivity index (χ1) is 12.2. The molecule has 1 aromatic carbocycles. The summed E-state index contributed by atoms with van der Waals surface area (Å²) in [7, 11) is 0. The summed E-state index contributed by atoms with van der Waals surface area (Å²) in [6, 6.07) is 8.19. The van der Waals surface area contributed by atoms with E-state index in [1.54, 1.807) is 24.0 Å². The second kappa shape index (κ2) is 7.19. The number of amides is 1. The van der Waals surface area contributed by atoms with Gasteiger partial charge in [-0.15, -0.1) is 0 Å². The van der Waals surface area contributed by atoms with Crippen molar-refractivity contribution in [1.82, 2.24) is 4.98 Å². The lowest BCUT2D eigenvalue weighted by molar-refractivity contribution is -0.125. The van der Waals surface area contributed by atoms with Crippen molar-refractivity contribution < 1.29 is 9.18 Å². The molecule has 2 heterocycles. The maximum absolute atomic E-state index is 13.7. The van der Waals surface area contributed by atoms with E-state index in [-0.39, 0.29) is 6.04 Å². The third-order valence-corrected chi connectivity index (χ3v) is 5.12. The Morgan fingerprint density at radius 2 is 2.08 bits per heavy atom. The molecule has 1 aliphatic rings. The number of rotatable bonds is 3. The molecule has 0 aliphatic carbocycles. The summed E-state index contributed by atoms with van der Waals surface area (Å²) in [5.74, 6) is -0.359. The van der Waals surface area contributed by atoms with Crippen LogP contribution in [0.5, 0.6) is 0 Å². The number of carbonyl (C=O) groups excluding carboxylic acids is 1. The third kappa shape index (κ3) is 4.30. The van der Waals surface area contributed by atoms with Crippen LogP contribution in [0.15, 0.2) is 41.5 Å². The maximum Gasteiger partial charge on any atom is 0.262 e. The molecule has 0 radical (unpaired) electrons. The molecule has 1 atom stereocenters. The van der Waals surface area contributed by atoms with Gasteiger partial charge in [0.2, 0.25) is 0 Å². The Morgan fingerprint density at radius 3 is 2.81 bits per heavy atom. The number of aromatic nitrogens is 1. The molecule has 0 saturated carbocycles. The van der Waals surface area contributed by atoms with Crippen molar-refractivity contribution in [3.05, 3.63) is 42.1 Å². The monoisotopic (exact) mass is 371 g/mol. The smallest absolute Gasteiger partial charge is 0.262 e. The topological polar surface area (TPSA) is 54.4 Å². The van der Waals surface area contributed by atoms with E-state index >= 15 is 0 Å². The van der Waals surface area contributed by atoms with Crippen LogP contribution in [0.1, 0.15) is 39.7 Å². The van der Waals surface area contributed by atoms with Gasteiger partial charge in [0.15, 0.2) is 5.67 Å². The maximum atomic E-state index is 13.7. The molecule has 0 fully saturated rings. The molecule has 1 unspecified atom stereocenters. The normalized spacial score (nSPS) is 18.1. The first-order valence-corrected chi connectivity index (χ1v) is 9.37. The summed E-state index contributed by atoms with van der Waals surface area (Å²) < 4.78 is 13.7. The molecule has 26 heavy (non-hydrogen) atoms. The molecule has 0 bridgehead atoms. The van der Waals surface area contributed by atoms with Crippen LogP contribution < -0.4 is 5.32 Å². The highest BCUT2D eigenvalue weighted by Gasteiger charge is 2.26. The summed E-state index contributed by atoms with van der Waals surface area (Å²) in [4.78, 5) is 21.8. The number of hydrogen-bond donors (Lipinski definition) is 1. The zero-order chi connectivity index (χ0) is 18.9. The lowest BCUT2D eigenvalue weighted by atomic mass is 10.1. The number of halogens is 1. The molecule has 3 rings (SSSR count). The van der Waals surface area contributed by atoms with E-state index in [1.165, 1.54) is 18.8 Å². The summed E-state index contributed by atoms with van der Waals surface area (Å²) in [5, 5.41) is 5.49. The van der Waals surface area contributed by atoms with Gasteiger partial charge in [0, 0.05) is 16.5 Å². The van der Waals surface area contributed by atoms with E-state index < -0.39 is 11.6 Å². The fourth-order valence-corrected chi connectivity index (χ4v) is 3.65. The van der Waals surface area contributed by atoms with E-state index in [0.29, 0.717) is 5.82 Å². The second-order valence-electron chi connectivity index (χ2n) is 6.96. The number of benzene rings is 1. The first kappa shape index (κ1) is 18.6. The molecular weight excluding hydrogens is 349 g/mol. The van der Waals surface area contributed by atoms with Crippen LogP contribution in [0.4, 0.5) is 10.2 Å². The van der Waals surface area contributed by atoms with Gasteiger partial charge < -0.3 is 5.32 Å². The number of thioether (sulfide) groups is 1. The molecule has 6 heteroatoms. The summed E-state index contributed by atoms with van der Waals surface area (Å²) in [5.41, 5.74) is -0.853. The molecular formula is C20H22FN3OS. The highest BCUT2D eigenvalue weighted by molar-refractivity contribution is 8.21. The van der Waals surface area contributed by atoms with Crippen LogP contribution in [0.25, 0.3) is 15.7 Å². The van der Waals surface area contributed by atoms with Crippen molar-refractivity contribution in [2.75, 3.05) is 5.32 Å². The van der Waals surface area contributed by atoms with Crippen LogP contribution in [0.2, 0.25) is 0 Å². The largest absolute Gasteiger partial charge is 0.308 e. The van der Waals surface area contributed by atoms with Gasteiger partial charge >= 0.3 is 0 Å². The van der Waals surface area contributed by atoms with Crippen LogP contribution in [0.3, 0.4) is 0 Å². The van der Waals surface area contributed by atoms with Gasteiger partial charge in [0.05, 0.1) is 11.1 Å². The number of pyridine rings is 1. The van der Waals surface area contributed by atoms with Crippen molar-refractivity contribution in [1.29, 1.82) is 0 Å². The quantitative estimate of drug-likeness (QED) is 0.806. The van der Waals surface area contributed by atoms with Gasteiger partial charge in [0.25, 0.3) is 5.91 Å². The SMILES string of the molecule is CC1=NC(C)CC=C(c2ccc3cnc(NC(=O)C(C)(C)F)cc3c2)S1. The van der Waals surface area contributed by atoms with Gasteiger partial charge in [-0.2, -0.15) is 0 Å². The second-order valence-corrected chi connectivity index (χ2v) is 8.20. The first-order valence-electron chi connectivity index (χ1n) is 8.55. The zero-order valence-corrected chi connectivity index (χ0v) is 16.2. The molecule has 0 saturated heterocycles. The summed E-state index contributed by atoms with van der Waals surface area (Å²) in [6.45, 7) is 6.58. The zero-order valence-electron chi connectivity index (χ0n) is 15.3. The lowest BCUT2D eigenvalue weighted by Crippen LogP contribution is -2.32. The van der Waals surface area contributed by atoms with Gasteiger partial charge in [-0.3, -0.25) is 9.79 Å². The van der Waals surface area contributed by atoms with Crippen LogP contribution in [-0.4, -0.2) is 27.6 Å². The predicted molar refractivity (Wildman–Crippen MR) is 108 cm³/mol. The number of carbonyl (C=O) groups is 1. The number of aliphatic imine (C=N–C) groups is 1. The van der Waals surface area contributed by atoms with Crippen molar-refractivity contribution in [2.45, 2.75) is 45.8 Å². The van der Waals surface area contributed by atoms with E-state index in [2.05, 4.69) is 40.4 Å². The molecule has 4 nitrogen and oxygen atoms in total. The number of nitrogens with one attached hydrogen (secondary N) is 1. The van der Waals surface area contributed by atoms with E-state index in [9.17, 15) is 9.18 Å². The van der Waals surface area contributed by atoms with Crippen LogP contribution in [-0.2, 0) is 4.79 Å². The fraction of sp³-hybridized carbons (Fsp3) is 0.350.